The van der Waals surface area contributed by atoms with Crippen molar-refractivity contribution in [3.05, 3.63) is 0 Å². The van der Waals surface area contributed by atoms with Crippen molar-refractivity contribution in [2.24, 2.45) is 0 Å². The monoisotopic (exact) mass is 200 g/mol. The number of aldehydes is 1. The quantitative estimate of drug-likeness (QED) is 0.407. The average Bonchev–Trinajstić information content (AvgIpc) is 2.16. The maximum atomic E-state index is 11.0. The minimum absolute atomic E-state index is 0.0929. The first kappa shape index (κ1) is 10.8. The molecule has 14 heavy (non-hydrogen) atoms. The summed E-state index contributed by atoms with van der Waals surface area (Å²) in [7, 11) is 0. The maximum Gasteiger partial charge on any atom is 0.317 e. The molecule has 0 spiro atoms. The zero-order valence-corrected chi connectivity index (χ0v) is 7.60. The standard InChI is InChI=1S/C8H12N2O4/c11-5-7(12)6-3-10(2-1-9-6)4-8(13)14/h5-6,9H,1-4H2,(H,13,14). The lowest BCUT2D eigenvalue weighted by molar-refractivity contribution is -0.139. The summed E-state index contributed by atoms with van der Waals surface area (Å²) in [5.74, 6) is -1.45. The van der Waals surface area contributed by atoms with Crippen LogP contribution in [0.25, 0.3) is 0 Å². The molecule has 0 amide bonds. The Kier molecular flexibility index (Phi) is 3.73. The Labute approximate surface area is 80.9 Å². The molecule has 0 bridgehead atoms. The summed E-state index contributed by atoms with van der Waals surface area (Å²) < 4.78 is 0. The molecule has 6 heteroatoms. The largest absolute Gasteiger partial charge is 0.480 e. The number of carboxylic acids is 1. The van der Waals surface area contributed by atoms with Crippen LogP contribution in [0.2, 0.25) is 0 Å². The lowest BCUT2D eigenvalue weighted by Gasteiger charge is -2.30. The van der Waals surface area contributed by atoms with Gasteiger partial charge in [0.05, 0.1) is 12.6 Å². The molecule has 2 N–H and O–H groups in total. The van der Waals surface area contributed by atoms with E-state index in [4.69, 9.17) is 5.11 Å². The van der Waals surface area contributed by atoms with Gasteiger partial charge in [0.25, 0.3) is 0 Å². The third-order valence-corrected chi connectivity index (χ3v) is 2.08. The van der Waals surface area contributed by atoms with Crippen LogP contribution < -0.4 is 5.32 Å². The van der Waals surface area contributed by atoms with Crippen molar-refractivity contribution in [2.75, 3.05) is 26.2 Å². The zero-order valence-electron chi connectivity index (χ0n) is 7.60. The Balaban J connectivity index is 2.47. The fourth-order valence-corrected chi connectivity index (χ4v) is 1.42. The summed E-state index contributed by atoms with van der Waals surface area (Å²) in [5, 5.41) is 11.4. The number of aliphatic carboxylic acids is 1. The molecular weight excluding hydrogens is 188 g/mol. The number of rotatable bonds is 4. The van der Waals surface area contributed by atoms with Crippen molar-refractivity contribution in [3.8, 4) is 0 Å². The summed E-state index contributed by atoms with van der Waals surface area (Å²) in [6, 6.07) is -0.555. The second-order valence-electron chi connectivity index (χ2n) is 3.16. The number of carbonyl (C=O) groups excluding carboxylic acids is 2. The minimum atomic E-state index is -0.927. The molecule has 1 aliphatic heterocycles. The number of carbonyl (C=O) groups is 3. The van der Waals surface area contributed by atoms with E-state index in [2.05, 4.69) is 5.32 Å². The predicted octanol–water partition coefficient (Wildman–Crippen LogP) is -1.89. The van der Waals surface area contributed by atoms with E-state index in [-0.39, 0.29) is 19.4 Å². The van der Waals surface area contributed by atoms with E-state index in [9.17, 15) is 14.4 Å². The van der Waals surface area contributed by atoms with Crippen LogP contribution in [-0.4, -0.2) is 60.3 Å². The second-order valence-corrected chi connectivity index (χ2v) is 3.16. The average molecular weight is 200 g/mol. The van der Waals surface area contributed by atoms with Crippen molar-refractivity contribution >= 4 is 18.0 Å². The fraction of sp³-hybridized carbons (Fsp3) is 0.625. The molecule has 78 valence electrons. The Morgan fingerprint density at radius 1 is 1.57 bits per heavy atom. The van der Waals surface area contributed by atoms with Gasteiger partial charge in [0, 0.05) is 19.6 Å². The van der Waals surface area contributed by atoms with Gasteiger partial charge in [0.15, 0.2) is 6.29 Å². The van der Waals surface area contributed by atoms with Crippen molar-refractivity contribution in [3.63, 3.8) is 0 Å². The number of nitrogens with one attached hydrogen (secondary N) is 1. The number of Topliss-reactive ketones (excluding diaryl/α,β-unsaturated/α-hetero) is 1. The second kappa shape index (κ2) is 4.83. The van der Waals surface area contributed by atoms with Gasteiger partial charge in [0.2, 0.25) is 5.78 Å². The highest BCUT2D eigenvalue weighted by Gasteiger charge is 2.25. The molecule has 1 unspecified atom stereocenters. The Hall–Kier alpha value is -1.27. The van der Waals surface area contributed by atoms with Gasteiger partial charge in [-0.05, 0) is 0 Å². The Morgan fingerprint density at radius 2 is 2.29 bits per heavy atom. The predicted molar refractivity (Wildman–Crippen MR) is 46.9 cm³/mol. The highest BCUT2D eigenvalue weighted by Crippen LogP contribution is 1.98. The molecule has 1 fully saturated rings. The molecule has 0 saturated carbocycles. The summed E-state index contributed by atoms with van der Waals surface area (Å²) in [4.78, 5) is 33.2. The van der Waals surface area contributed by atoms with Crippen molar-refractivity contribution in [2.45, 2.75) is 6.04 Å². The first-order valence-electron chi connectivity index (χ1n) is 4.30. The molecule has 1 aliphatic rings. The number of nitrogens with zero attached hydrogens (tertiary/aromatic N) is 1. The molecule has 0 radical (unpaired) electrons. The van der Waals surface area contributed by atoms with Crippen LogP contribution in [-0.2, 0) is 14.4 Å². The highest BCUT2D eigenvalue weighted by atomic mass is 16.4. The fourth-order valence-electron chi connectivity index (χ4n) is 1.42. The van der Waals surface area contributed by atoms with E-state index in [1.54, 1.807) is 4.90 Å². The van der Waals surface area contributed by atoms with E-state index in [0.717, 1.165) is 0 Å². The van der Waals surface area contributed by atoms with Gasteiger partial charge in [-0.25, -0.2) is 0 Å². The summed E-state index contributed by atoms with van der Waals surface area (Å²) >= 11 is 0. The van der Waals surface area contributed by atoms with Gasteiger partial charge >= 0.3 is 5.97 Å². The van der Waals surface area contributed by atoms with Crippen LogP contribution in [0.1, 0.15) is 0 Å². The number of piperazine rings is 1. The van der Waals surface area contributed by atoms with Gasteiger partial charge in [-0.3, -0.25) is 19.3 Å². The number of hydrogen-bond acceptors (Lipinski definition) is 5. The maximum absolute atomic E-state index is 11.0. The lowest BCUT2D eigenvalue weighted by atomic mass is 10.1. The van der Waals surface area contributed by atoms with Gasteiger partial charge in [-0.1, -0.05) is 0 Å². The van der Waals surface area contributed by atoms with Crippen LogP contribution in [0, 0.1) is 0 Å². The van der Waals surface area contributed by atoms with E-state index in [1.807, 2.05) is 0 Å². The number of ketones is 1. The van der Waals surface area contributed by atoms with Crippen LogP contribution >= 0.6 is 0 Å². The van der Waals surface area contributed by atoms with Gasteiger partial charge in [-0.15, -0.1) is 0 Å². The zero-order chi connectivity index (χ0) is 10.6. The van der Waals surface area contributed by atoms with Crippen LogP contribution in [0.3, 0.4) is 0 Å². The summed E-state index contributed by atoms with van der Waals surface area (Å²) in [5.41, 5.74) is 0. The molecular formula is C8H12N2O4. The summed E-state index contributed by atoms with van der Waals surface area (Å²) in [6.07, 6.45) is 0.266. The molecule has 6 nitrogen and oxygen atoms in total. The molecule has 0 aromatic heterocycles. The Bertz CT molecular complexity index is 254. The van der Waals surface area contributed by atoms with Crippen molar-refractivity contribution in [1.29, 1.82) is 0 Å². The SMILES string of the molecule is O=CC(=O)C1CN(CC(=O)O)CCN1. The molecule has 0 aromatic carbocycles. The molecule has 1 saturated heterocycles. The minimum Gasteiger partial charge on any atom is -0.480 e. The topological polar surface area (TPSA) is 86.7 Å². The molecule has 0 aromatic rings. The van der Waals surface area contributed by atoms with Gasteiger partial charge in [0.1, 0.15) is 0 Å². The molecule has 0 aliphatic carbocycles. The van der Waals surface area contributed by atoms with Crippen molar-refractivity contribution < 1.29 is 19.5 Å². The first-order valence-corrected chi connectivity index (χ1v) is 4.30. The molecule has 1 atom stereocenters. The van der Waals surface area contributed by atoms with Crippen LogP contribution in [0.15, 0.2) is 0 Å². The molecule has 1 heterocycles. The number of hydrogen-bond donors (Lipinski definition) is 2. The van der Waals surface area contributed by atoms with E-state index < -0.39 is 17.8 Å². The summed E-state index contributed by atoms with van der Waals surface area (Å²) in [6.45, 7) is 1.29. The van der Waals surface area contributed by atoms with E-state index in [0.29, 0.717) is 13.1 Å². The Morgan fingerprint density at radius 3 is 2.86 bits per heavy atom. The molecule has 1 rings (SSSR count). The van der Waals surface area contributed by atoms with Gasteiger partial charge in [-0.2, -0.15) is 0 Å². The number of carboxylic acid groups (broad SMARTS) is 1. The van der Waals surface area contributed by atoms with E-state index >= 15 is 0 Å². The van der Waals surface area contributed by atoms with Gasteiger partial charge < -0.3 is 10.4 Å². The lowest BCUT2D eigenvalue weighted by Crippen LogP contribution is -2.55. The van der Waals surface area contributed by atoms with Crippen molar-refractivity contribution in [1.82, 2.24) is 10.2 Å². The normalized spacial score (nSPS) is 23.0. The smallest absolute Gasteiger partial charge is 0.317 e. The van der Waals surface area contributed by atoms with E-state index in [1.165, 1.54) is 0 Å². The highest BCUT2D eigenvalue weighted by molar-refractivity contribution is 6.27. The third-order valence-electron chi connectivity index (χ3n) is 2.08. The van der Waals surface area contributed by atoms with Crippen LogP contribution in [0.5, 0.6) is 0 Å². The van der Waals surface area contributed by atoms with Crippen LogP contribution in [0.4, 0.5) is 0 Å². The first-order chi connectivity index (χ1) is 6.63. The third kappa shape index (κ3) is 2.90.